The molecule has 0 radical (unpaired) electrons. The van der Waals surface area contributed by atoms with E-state index in [9.17, 15) is 4.79 Å². The highest BCUT2D eigenvalue weighted by Gasteiger charge is 2.02. The zero-order valence-corrected chi connectivity index (χ0v) is 9.62. The van der Waals surface area contributed by atoms with Crippen LogP contribution in [0.4, 0.5) is 5.69 Å². The van der Waals surface area contributed by atoms with Gasteiger partial charge < -0.3 is 15.4 Å². The lowest BCUT2D eigenvalue weighted by Gasteiger charge is -2.05. The minimum atomic E-state index is -0.0275. The maximum absolute atomic E-state index is 11.4. The molecule has 1 aromatic heterocycles. The number of hydrogen-bond acceptors (Lipinski definition) is 4. The van der Waals surface area contributed by atoms with Gasteiger partial charge in [-0.15, -0.1) is 0 Å². The zero-order chi connectivity index (χ0) is 11.8. The van der Waals surface area contributed by atoms with Crippen LogP contribution in [0.1, 0.15) is 13.3 Å². The average Bonchev–Trinajstić information content (AvgIpc) is 2.29. The number of pyridine rings is 1. The smallest absolute Gasteiger partial charge is 0.225 e. The fraction of sp³-hybridized carbons (Fsp3) is 0.455. The van der Waals surface area contributed by atoms with Gasteiger partial charge in [-0.25, -0.2) is 4.98 Å². The first-order chi connectivity index (χ1) is 7.76. The number of aromatic nitrogens is 1. The number of amides is 1. The van der Waals surface area contributed by atoms with E-state index in [1.54, 1.807) is 18.3 Å². The summed E-state index contributed by atoms with van der Waals surface area (Å²) in [6, 6.07) is 3.51. The SMILES string of the molecule is CCOc1ccc(NC(=O)CCNC)cn1. The van der Waals surface area contributed by atoms with Crippen LogP contribution in [0.15, 0.2) is 18.3 Å². The molecule has 0 unspecified atom stereocenters. The highest BCUT2D eigenvalue weighted by atomic mass is 16.5. The number of carbonyl (C=O) groups excluding carboxylic acids is 1. The van der Waals surface area contributed by atoms with E-state index in [0.29, 0.717) is 31.1 Å². The van der Waals surface area contributed by atoms with Crippen molar-refractivity contribution in [3.8, 4) is 5.88 Å². The van der Waals surface area contributed by atoms with E-state index < -0.39 is 0 Å². The minimum Gasteiger partial charge on any atom is -0.478 e. The third kappa shape index (κ3) is 4.27. The Labute approximate surface area is 95.2 Å². The Morgan fingerprint density at radius 2 is 2.31 bits per heavy atom. The van der Waals surface area contributed by atoms with Gasteiger partial charge in [0.25, 0.3) is 0 Å². The van der Waals surface area contributed by atoms with Gasteiger partial charge in [-0.1, -0.05) is 0 Å². The number of ether oxygens (including phenoxy) is 1. The van der Waals surface area contributed by atoms with Crippen LogP contribution in [0.2, 0.25) is 0 Å². The Bertz CT molecular complexity index is 325. The molecule has 16 heavy (non-hydrogen) atoms. The normalized spacial score (nSPS) is 9.88. The second-order valence-corrected chi connectivity index (χ2v) is 3.22. The predicted octanol–water partition coefficient (Wildman–Crippen LogP) is 1.03. The van der Waals surface area contributed by atoms with Crippen LogP contribution >= 0.6 is 0 Å². The summed E-state index contributed by atoms with van der Waals surface area (Å²) in [5.41, 5.74) is 0.685. The Hall–Kier alpha value is -1.62. The summed E-state index contributed by atoms with van der Waals surface area (Å²) >= 11 is 0. The standard InChI is InChI=1S/C11H17N3O2/c1-3-16-11-5-4-9(8-13-11)14-10(15)6-7-12-2/h4-5,8,12H,3,6-7H2,1-2H3,(H,14,15). The predicted molar refractivity (Wildman–Crippen MR) is 62.6 cm³/mol. The van der Waals surface area contributed by atoms with E-state index in [2.05, 4.69) is 15.6 Å². The van der Waals surface area contributed by atoms with Crippen LogP contribution in [0, 0.1) is 0 Å². The van der Waals surface area contributed by atoms with Crippen LogP contribution < -0.4 is 15.4 Å². The fourth-order valence-corrected chi connectivity index (χ4v) is 1.15. The van der Waals surface area contributed by atoms with Crippen LogP contribution in [0.5, 0.6) is 5.88 Å². The van der Waals surface area contributed by atoms with Crippen molar-refractivity contribution in [2.45, 2.75) is 13.3 Å². The lowest BCUT2D eigenvalue weighted by Crippen LogP contribution is -2.18. The molecule has 0 aliphatic heterocycles. The molecule has 5 heteroatoms. The second kappa shape index (κ2) is 6.79. The lowest BCUT2D eigenvalue weighted by molar-refractivity contribution is -0.116. The van der Waals surface area contributed by atoms with Crippen molar-refractivity contribution in [3.63, 3.8) is 0 Å². The summed E-state index contributed by atoms with van der Waals surface area (Å²) in [5, 5.41) is 5.66. The number of hydrogen-bond donors (Lipinski definition) is 2. The molecule has 0 aliphatic carbocycles. The molecule has 1 amide bonds. The van der Waals surface area contributed by atoms with Gasteiger partial charge in [-0.2, -0.15) is 0 Å². The van der Waals surface area contributed by atoms with Gasteiger partial charge in [-0.3, -0.25) is 4.79 Å². The summed E-state index contributed by atoms with van der Waals surface area (Å²) in [4.78, 5) is 15.4. The highest BCUT2D eigenvalue weighted by Crippen LogP contribution is 2.11. The van der Waals surface area contributed by atoms with Crippen molar-refractivity contribution < 1.29 is 9.53 Å². The molecular weight excluding hydrogens is 206 g/mol. The monoisotopic (exact) mass is 223 g/mol. The molecule has 0 saturated heterocycles. The Kier molecular flexibility index (Phi) is 5.28. The zero-order valence-electron chi connectivity index (χ0n) is 9.62. The van der Waals surface area contributed by atoms with Crippen molar-refractivity contribution in [2.24, 2.45) is 0 Å². The van der Waals surface area contributed by atoms with Crippen molar-refractivity contribution >= 4 is 11.6 Å². The van der Waals surface area contributed by atoms with Crippen molar-refractivity contribution in [2.75, 3.05) is 25.5 Å². The molecule has 0 spiro atoms. The summed E-state index contributed by atoms with van der Waals surface area (Å²) in [5.74, 6) is 0.538. The van der Waals surface area contributed by atoms with Crippen molar-refractivity contribution in [3.05, 3.63) is 18.3 Å². The molecule has 0 atom stereocenters. The Morgan fingerprint density at radius 1 is 1.50 bits per heavy atom. The van der Waals surface area contributed by atoms with E-state index >= 15 is 0 Å². The van der Waals surface area contributed by atoms with Crippen molar-refractivity contribution in [1.82, 2.24) is 10.3 Å². The Balaban J connectivity index is 2.45. The van der Waals surface area contributed by atoms with Crippen LogP contribution in [0.25, 0.3) is 0 Å². The van der Waals surface area contributed by atoms with Gasteiger partial charge in [0.15, 0.2) is 0 Å². The molecule has 5 nitrogen and oxygen atoms in total. The lowest BCUT2D eigenvalue weighted by atomic mass is 10.3. The first kappa shape index (κ1) is 12.4. The third-order valence-electron chi connectivity index (χ3n) is 1.91. The van der Waals surface area contributed by atoms with E-state index in [0.717, 1.165) is 0 Å². The van der Waals surface area contributed by atoms with Gasteiger partial charge in [-0.05, 0) is 20.0 Å². The average molecular weight is 223 g/mol. The quantitative estimate of drug-likeness (QED) is 0.756. The largest absolute Gasteiger partial charge is 0.478 e. The van der Waals surface area contributed by atoms with Crippen LogP contribution in [0.3, 0.4) is 0 Å². The number of nitrogens with one attached hydrogen (secondary N) is 2. The van der Waals surface area contributed by atoms with Gasteiger partial charge in [0, 0.05) is 19.0 Å². The molecule has 1 rings (SSSR count). The number of rotatable bonds is 6. The van der Waals surface area contributed by atoms with Gasteiger partial charge in [0.2, 0.25) is 11.8 Å². The molecule has 2 N–H and O–H groups in total. The molecule has 88 valence electrons. The number of carbonyl (C=O) groups is 1. The molecule has 0 aromatic carbocycles. The first-order valence-corrected chi connectivity index (χ1v) is 5.29. The molecule has 0 aliphatic rings. The highest BCUT2D eigenvalue weighted by molar-refractivity contribution is 5.90. The summed E-state index contributed by atoms with van der Waals surface area (Å²) in [6.07, 6.45) is 2.03. The Morgan fingerprint density at radius 3 is 2.88 bits per heavy atom. The molecule has 0 fully saturated rings. The third-order valence-corrected chi connectivity index (χ3v) is 1.91. The molecular formula is C11H17N3O2. The number of anilines is 1. The molecule has 1 aromatic rings. The maximum Gasteiger partial charge on any atom is 0.225 e. The van der Waals surface area contributed by atoms with Gasteiger partial charge in [0.05, 0.1) is 18.5 Å². The summed E-state index contributed by atoms with van der Waals surface area (Å²) in [7, 11) is 1.81. The molecule has 0 saturated carbocycles. The van der Waals surface area contributed by atoms with Crippen LogP contribution in [-0.2, 0) is 4.79 Å². The fourth-order valence-electron chi connectivity index (χ4n) is 1.15. The van der Waals surface area contributed by atoms with Gasteiger partial charge >= 0.3 is 0 Å². The first-order valence-electron chi connectivity index (χ1n) is 5.29. The van der Waals surface area contributed by atoms with Gasteiger partial charge in [0.1, 0.15) is 0 Å². The molecule has 0 bridgehead atoms. The summed E-state index contributed by atoms with van der Waals surface area (Å²) in [6.45, 7) is 3.15. The topological polar surface area (TPSA) is 63.2 Å². The minimum absolute atomic E-state index is 0.0275. The van der Waals surface area contributed by atoms with E-state index in [-0.39, 0.29) is 5.91 Å². The maximum atomic E-state index is 11.4. The van der Waals surface area contributed by atoms with E-state index in [1.165, 1.54) is 0 Å². The summed E-state index contributed by atoms with van der Waals surface area (Å²) < 4.78 is 5.20. The second-order valence-electron chi connectivity index (χ2n) is 3.22. The van der Waals surface area contributed by atoms with E-state index in [4.69, 9.17) is 4.74 Å². The number of nitrogens with zero attached hydrogens (tertiary/aromatic N) is 1. The van der Waals surface area contributed by atoms with Crippen molar-refractivity contribution in [1.29, 1.82) is 0 Å². The van der Waals surface area contributed by atoms with Crippen LogP contribution in [-0.4, -0.2) is 31.1 Å². The molecule has 1 heterocycles. The van der Waals surface area contributed by atoms with E-state index in [1.807, 2.05) is 14.0 Å².